The first-order chi connectivity index (χ1) is 7.75. The second kappa shape index (κ2) is 3.96. The van der Waals surface area contributed by atoms with Gasteiger partial charge in [0.2, 0.25) is 0 Å². The Bertz CT molecular complexity index is 535. The quantitative estimate of drug-likeness (QED) is 0.620. The van der Waals surface area contributed by atoms with Gasteiger partial charge in [-0.15, -0.1) is 0 Å². The molecule has 6 heteroatoms. The maximum absolute atomic E-state index is 5.99. The van der Waals surface area contributed by atoms with Gasteiger partial charge in [-0.25, -0.2) is 15.0 Å². The Morgan fingerprint density at radius 3 is 2.88 bits per heavy atom. The fourth-order valence-electron chi connectivity index (χ4n) is 1.59. The number of hydrogen-bond acceptors (Lipinski definition) is 3. The highest BCUT2D eigenvalue weighted by molar-refractivity contribution is 14.1. The summed E-state index contributed by atoms with van der Waals surface area (Å²) in [6.45, 7) is 0. The Morgan fingerprint density at radius 1 is 1.38 bits per heavy atom. The minimum absolute atomic E-state index is 0.495. The van der Waals surface area contributed by atoms with Crippen LogP contribution in [0.25, 0.3) is 11.5 Å². The Balaban J connectivity index is 2.07. The predicted molar refractivity (Wildman–Crippen MR) is 69.3 cm³/mol. The summed E-state index contributed by atoms with van der Waals surface area (Å²) in [5, 5.41) is 0.495. The molecule has 0 radical (unpaired) electrons. The molecule has 0 atom stereocenters. The van der Waals surface area contributed by atoms with Crippen LogP contribution in [-0.4, -0.2) is 19.5 Å². The topological polar surface area (TPSA) is 43.6 Å². The number of halogens is 2. The Labute approximate surface area is 111 Å². The zero-order valence-corrected chi connectivity index (χ0v) is 11.2. The van der Waals surface area contributed by atoms with Crippen LogP contribution in [0, 0.1) is 3.57 Å². The van der Waals surface area contributed by atoms with E-state index in [2.05, 4.69) is 42.1 Å². The minimum Gasteiger partial charge on any atom is -0.325 e. The molecule has 0 N–H and O–H groups in total. The SMILES string of the molecule is Clc1nc(-c2cncn2C2CC2)ncc1I. The zero-order chi connectivity index (χ0) is 11.1. The fraction of sp³-hybridized carbons (Fsp3) is 0.300. The standard InChI is InChI=1S/C10H8ClIN4/c11-9-7(12)3-14-10(15-9)8-4-13-5-16(8)6-1-2-6/h3-6H,1-2H2. The van der Waals surface area contributed by atoms with Crippen molar-refractivity contribution in [3.8, 4) is 11.5 Å². The molecule has 1 fully saturated rings. The lowest BCUT2D eigenvalue weighted by molar-refractivity contribution is 0.743. The first-order valence-corrected chi connectivity index (χ1v) is 6.41. The van der Waals surface area contributed by atoms with Crippen molar-refractivity contribution in [3.05, 3.63) is 27.4 Å². The second-order valence-electron chi connectivity index (χ2n) is 3.75. The van der Waals surface area contributed by atoms with Crippen LogP contribution < -0.4 is 0 Å². The van der Waals surface area contributed by atoms with E-state index in [1.165, 1.54) is 12.8 Å². The lowest BCUT2D eigenvalue weighted by Gasteiger charge is -2.05. The summed E-state index contributed by atoms with van der Waals surface area (Å²) in [4.78, 5) is 12.7. The fourth-order valence-corrected chi connectivity index (χ4v) is 1.98. The van der Waals surface area contributed by atoms with Gasteiger partial charge < -0.3 is 4.57 Å². The zero-order valence-electron chi connectivity index (χ0n) is 8.27. The van der Waals surface area contributed by atoms with E-state index in [4.69, 9.17) is 11.6 Å². The van der Waals surface area contributed by atoms with E-state index in [1.54, 1.807) is 12.4 Å². The van der Waals surface area contributed by atoms with Crippen LogP contribution in [0.1, 0.15) is 18.9 Å². The predicted octanol–water partition coefficient (Wildman–Crippen LogP) is 2.93. The van der Waals surface area contributed by atoms with Gasteiger partial charge in [-0.3, -0.25) is 0 Å². The molecule has 0 bridgehead atoms. The van der Waals surface area contributed by atoms with Crippen LogP contribution in [0.2, 0.25) is 5.15 Å². The maximum atomic E-state index is 5.99. The molecular formula is C10H8ClIN4. The monoisotopic (exact) mass is 346 g/mol. The van der Waals surface area contributed by atoms with Gasteiger partial charge in [-0.05, 0) is 35.4 Å². The number of hydrogen-bond donors (Lipinski definition) is 0. The molecule has 2 aromatic rings. The van der Waals surface area contributed by atoms with Gasteiger partial charge >= 0.3 is 0 Å². The number of imidazole rings is 1. The molecule has 2 heterocycles. The van der Waals surface area contributed by atoms with Crippen LogP contribution in [-0.2, 0) is 0 Å². The van der Waals surface area contributed by atoms with E-state index in [0.29, 0.717) is 17.0 Å². The highest BCUT2D eigenvalue weighted by Gasteiger charge is 2.26. The molecule has 0 saturated heterocycles. The average molecular weight is 347 g/mol. The van der Waals surface area contributed by atoms with Gasteiger partial charge in [0, 0.05) is 12.2 Å². The van der Waals surface area contributed by atoms with Crippen molar-refractivity contribution in [2.24, 2.45) is 0 Å². The van der Waals surface area contributed by atoms with Gasteiger partial charge in [0.05, 0.1) is 16.1 Å². The molecule has 2 aromatic heterocycles. The van der Waals surface area contributed by atoms with E-state index in [1.807, 2.05) is 6.33 Å². The van der Waals surface area contributed by atoms with E-state index in [-0.39, 0.29) is 0 Å². The molecule has 0 spiro atoms. The molecule has 16 heavy (non-hydrogen) atoms. The Morgan fingerprint density at radius 2 is 2.19 bits per heavy atom. The van der Waals surface area contributed by atoms with Gasteiger partial charge in [0.1, 0.15) is 10.8 Å². The number of aromatic nitrogens is 4. The van der Waals surface area contributed by atoms with E-state index in [0.717, 1.165) is 9.26 Å². The minimum atomic E-state index is 0.495. The summed E-state index contributed by atoms with van der Waals surface area (Å²) in [5.41, 5.74) is 0.945. The lowest BCUT2D eigenvalue weighted by atomic mass is 10.4. The van der Waals surface area contributed by atoms with E-state index < -0.39 is 0 Å². The molecule has 0 amide bonds. The lowest BCUT2D eigenvalue weighted by Crippen LogP contribution is -1.99. The molecule has 1 aliphatic carbocycles. The van der Waals surface area contributed by atoms with Crippen molar-refractivity contribution >= 4 is 34.2 Å². The second-order valence-corrected chi connectivity index (χ2v) is 5.27. The number of rotatable bonds is 2. The maximum Gasteiger partial charge on any atom is 0.179 e. The summed E-state index contributed by atoms with van der Waals surface area (Å²) < 4.78 is 2.99. The molecular weight excluding hydrogens is 338 g/mol. The molecule has 3 rings (SSSR count). The van der Waals surface area contributed by atoms with E-state index >= 15 is 0 Å². The van der Waals surface area contributed by atoms with Crippen LogP contribution in [0.4, 0.5) is 0 Å². The van der Waals surface area contributed by atoms with Crippen molar-refractivity contribution in [2.45, 2.75) is 18.9 Å². The first-order valence-electron chi connectivity index (χ1n) is 4.96. The molecule has 82 valence electrons. The molecule has 4 nitrogen and oxygen atoms in total. The van der Waals surface area contributed by atoms with Crippen LogP contribution >= 0.6 is 34.2 Å². The molecule has 0 aromatic carbocycles. The summed E-state index contributed by atoms with van der Waals surface area (Å²) >= 11 is 8.10. The number of nitrogens with zero attached hydrogens (tertiary/aromatic N) is 4. The smallest absolute Gasteiger partial charge is 0.179 e. The summed E-state index contributed by atoms with van der Waals surface area (Å²) in [7, 11) is 0. The van der Waals surface area contributed by atoms with Gasteiger partial charge in [-0.2, -0.15) is 0 Å². The van der Waals surface area contributed by atoms with Gasteiger partial charge in [0.25, 0.3) is 0 Å². The van der Waals surface area contributed by atoms with Gasteiger partial charge in [-0.1, -0.05) is 11.6 Å². The van der Waals surface area contributed by atoms with Crippen molar-refractivity contribution < 1.29 is 0 Å². The van der Waals surface area contributed by atoms with Crippen molar-refractivity contribution in [1.82, 2.24) is 19.5 Å². The largest absolute Gasteiger partial charge is 0.325 e. The molecule has 0 aliphatic heterocycles. The van der Waals surface area contributed by atoms with Crippen molar-refractivity contribution in [3.63, 3.8) is 0 Å². The molecule has 1 aliphatic rings. The Kier molecular flexibility index (Phi) is 2.59. The third-order valence-corrected chi connectivity index (χ3v) is 3.93. The summed E-state index contributed by atoms with van der Waals surface area (Å²) in [6.07, 6.45) is 7.78. The summed E-state index contributed by atoms with van der Waals surface area (Å²) in [5.74, 6) is 0.648. The van der Waals surface area contributed by atoms with Crippen LogP contribution in [0.15, 0.2) is 18.7 Å². The molecule has 1 saturated carbocycles. The Hall–Kier alpha value is -0.690. The van der Waals surface area contributed by atoms with Crippen LogP contribution in [0.3, 0.4) is 0 Å². The average Bonchev–Trinajstić information content (AvgIpc) is 3.01. The van der Waals surface area contributed by atoms with E-state index in [9.17, 15) is 0 Å². The third-order valence-electron chi connectivity index (χ3n) is 2.54. The molecule has 0 unspecified atom stereocenters. The normalized spacial score (nSPS) is 15.4. The van der Waals surface area contributed by atoms with Crippen molar-refractivity contribution in [1.29, 1.82) is 0 Å². The highest BCUT2D eigenvalue weighted by Crippen LogP contribution is 2.37. The van der Waals surface area contributed by atoms with Crippen LogP contribution in [0.5, 0.6) is 0 Å². The first kappa shape index (κ1) is 10.5. The summed E-state index contributed by atoms with van der Waals surface area (Å²) in [6, 6.07) is 0.569. The van der Waals surface area contributed by atoms with Crippen molar-refractivity contribution in [2.75, 3.05) is 0 Å². The third kappa shape index (κ3) is 1.82. The highest BCUT2D eigenvalue weighted by atomic mass is 127. The van der Waals surface area contributed by atoms with Gasteiger partial charge in [0.15, 0.2) is 5.82 Å².